The number of ketones is 1. The van der Waals surface area contributed by atoms with Crippen molar-refractivity contribution in [3.8, 4) is 0 Å². The summed E-state index contributed by atoms with van der Waals surface area (Å²) >= 11 is 3.17. The Bertz CT molecular complexity index is 882. The van der Waals surface area contributed by atoms with Crippen molar-refractivity contribution >= 4 is 32.7 Å². The number of fused-ring (bicyclic) bond motifs is 1. The molecule has 1 aromatic heterocycles. The molecule has 0 saturated heterocycles. The summed E-state index contributed by atoms with van der Waals surface area (Å²) in [5, 5.41) is 0. The first kappa shape index (κ1) is 12.8. The number of benzene rings is 2. The standard InChI is InChI=1S/C14H8BrFN2O2/c15-10-6-8(16)2-3-9(10)13(19)7-1-4-11-12(5-7)18-14(20)17-11/h1-6H,(H2,17,18,20). The zero-order chi connectivity index (χ0) is 14.3. The molecule has 0 fully saturated rings. The molecule has 6 heteroatoms. The zero-order valence-electron chi connectivity index (χ0n) is 10.0. The van der Waals surface area contributed by atoms with Crippen LogP contribution in [0.1, 0.15) is 15.9 Å². The Morgan fingerprint density at radius 2 is 1.80 bits per heavy atom. The highest BCUT2D eigenvalue weighted by Gasteiger charge is 2.14. The third-order valence-electron chi connectivity index (χ3n) is 2.95. The van der Waals surface area contributed by atoms with Crippen LogP contribution in [-0.4, -0.2) is 15.8 Å². The van der Waals surface area contributed by atoms with Crippen LogP contribution in [0, 0.1) is 5.82 Å². The fourth-order valence-corrected chi connectivity index (χ4v) is 2.53. The third kappa shape index (κ3) is 2.18. The molecule has 2 N–H and O–H groups in total. The number of hydrogen-bond donors (Lipinski definition) is 2. The van der Waals surface area contributed by atoms with E-state index >= 15 is 0 Å². The van der Waals surface area contributed by atoms with Gasteiger partial charge < -0.3 is 9.97 Å². The van der Waals surface area contributed by atoms with E-state index < -0.39 is 5.82 Å². The average Bonchev–Trinajstić information content (AvgIpc) is 2.77. The molecule has 0 saturated carbocycles. The molecule has 0 aliphatic heterocycles. The van der Waals surface area contributed by atoms with Crippen molar-refractivity contribution in [2.75, 3.05) is 0 Å². The second-order valence-corrected chi connectivity index (χ2v) is 5.15. The molecule has 100 valence electrons. The molecule has 0 amide bonds. The molecule has 0 aliphatic carbocycles. The summed E-state index contributed by atoms with van der Waals surface area (Å²) < 4.78 is 13.4. The van der Waals surface area contributed by atoms with Gasteiger partial charge in [-0.3, -0.25) is 4.79 Å². The monoisotopic (exact) mass is 334 g/mol. The van der Waals surface area contributed by atoms with Crippen molar-refractivity contribution in [2.45, 2.75) is 0 Å². The van der Waals surface area contributed by atoms with Gasteiger partial charge >= 0.3 is 5.69 Å². The minimum atomic E-state index is -0.418. The summed E-state index contributed by atoms with van der Waals surface area (Å²) in [7, 11) is 0. The first-order chi connectivity index (χ1) is 9.54. The molecule has 0 radical (unpaired) electrons. The van der Waals surface area contributed by atoms with Crippen molar-refractivity contribution in [2.24, 2.45) is 0 Å². The summed E-state index contributed by atoms with van der Waals surface area (Å²) in [6.07, 6.45) is 0. The van der Waals surface area contributed by atoms with Crippen LogP contribution in [-0.2, 0) is 0 Å². The van der Waals surface area contributed by atoms with Gasteiger partial charge in [-0.25, -0.2) is 9.18 Å². The Morgan fingerprint density at radius 3 is 2.55 bits per heavy atom. The number of H-pyrrole nitrogens is 2. The predicted molar refractivity (Wildman–Crippen MR) is 76.5 cm³/mol. The molecule has 0 atom stereocenters. The van der Waals surface area contributed by atoms with E-state index in [0.29, 0.717) is 26.6 Å². The van der Waals surface area contributed by atoms with Gasteiger partial charge in [0.2, 0.25) is 0 Å². The van der Waals surface area contributed by atoms with Gasteiger partial charge in [0.1, 0.15) is 5.82 Å². The van der Waals surface area contributed by atoms with Gasteiger partial charge in [0.25, 0.3) is 0 Å². The number of rotatable bonds is 2. The van der Waals surface area contributed by atoms with Crippen LogP contribution in [0.15, 0.2) is 45.7 Å². The first-order valence-corrected chi connectivity index (χ1v) is 6.56. The maximum absolute atomic E-state index is 13.0. The van der Waals surface area contributed by atoms with Crippen molar-refractivity contribution < 1.29 is 9.18 Å². The van der Waals surface area contributed by atoms with E-state index in [4.69, 9.17) is 0 Å². The van der Waals surface area contributed by atoms with Crippen molar-refractivity contribution in [1.29, 1.82) is 0 Å². The largest absolute Gasteiger partial charge is 0.323 e. The van der Waals surface area contributed by atoms with E-state index in [2.05, 4.69) is 25.9 Å². The second-order valence-electron chi connectivity index (χ2n) is 4.29. The Kier molecular flexibility index (Phi) is 3.02. The average molecular weight is 335 g/mol. The van der Waals surface area contributed by atoms with Gasteiger partial charge in [-0.1, -0.05) is 0 Å². The van der Waals surface area contributed by atoms with E-state index in [1.165, 1.54) is 18.2 Å². The van der Waals surface area contributed by atoms with Gasteiger partial charge in [0, 0.05) is 15.6 Å². The quantitative estimate of drug-likeness (QED) is 0.707. The minimum Gasteiger partial charge on any atom is -0.306 e. The number of carbonyl (C=O) groups excluding carboxylic acids is 1. The van der Waals surface area contributed by atoms with Gasteiger partial charge in [-0.2, -0.15) is 0 Å². The Balaban J connectivity index is 2.09. The molecule has 0 aliphatic rings. The van der Waals surface area contributed by atoms with Crippen molar-refractivity contribution in [3.05, 3.63) is 68.3 Å². The number of aromatic amines is 2. The van der Waals surface area contributed by atoms with Gasteiger partial charge in [-0.05, 0) is 52.3 Å². The molecular weight excluding hydrogens is 327 g/mol. The SMILES string of the molecule is O=C(c1ccc2[nH]c(=O)[nH]c2c1)c1ccc(F)cc1Br. The van der Waals surface area contributed by atoms with Gasteiger partial charge in [-0.15, -0.1) is 0 Å². The van der Waals surface area contributed by atoms with Gasteiger partial charge in [0.05, 0.1) is 11.0 Å². The Labute approximate surface area is 120 Å². The van der Waals surface area contributed by atoms with E-state index in [1.807, 2.05) is 0 Å². The zero-order valence-corrected chi connectivity index (χ0v) is 11.6. The minimum absolute atomic E-state index is 0.249. The molecular formula is C14H8BrFN2O2. The van der Waals surface area contributed by atoms with Crippen LogP contribution >= 0.6 is 15.9 Å². The summed E-state index contributed by atoms with van der Waals surface area (Å²) in [4.78, 5) is 28.8. The molecule has 1 heterocycles. The Hall–Kier alpha value is -2.21. The molecule has 0 unspecified atom stereocenters. The lowest BCUT2D eigenvalue weighted by Crippen LogP contribution is -2.02. The lowest BCUT2D eigenvalue weighted by Gasteiger charge is -2.04. The van der Waals surface area contributed by atoms with Crippen LogP contribution in [0.3, 0.4) is 0 Å². The lowest BCUT2D eigenvalue weighted by atomic mass is 10.0. The number of carbonyl (C=O) groups is 1. The fraction of sp³-hybridized carbons (Fsp3) is 0. The highest BCUT2D eigenvalue weighted by atomic mass is 79.9. The Morgan fingerprint density at radius 1 is 1.05 bits per heavy atom. The highest BCUT2D eigenvalue weighted by molar-refractivity contribution is 9.10. The summed E-state index contributed by atoms with van der Waals surface area (Å²) in [6.45, 7) is 0. The van der Waals surface area contributed by atoms with Crippen molar-refractivity contribution in [3.63, 3.8) is 0 Å². The highest BCUT2D eigenvalue weighted by Crippen LogP contribution is 2.22. The fourth-order valence-electron chi connectivity index (χ4n) is 2.00. The van der Waals surface area contributed by atoms with Crippen LogP contribution in [0.2, 0.25) is 0 Å². The number of imidazole rings is 1. The van der Waals surface area contributed by atoms with Crippen molar-refractivity contribution in [1.82, 2.24) is 9.97 Å². The number of hydrogen-bond acceptors (Lipinski definition) is 2. The number of aromatic nitrogens is 2. The number of halogens is 2. The molecule has 3 rings (SSSR count). The van der Waals surface area contributed by atoms with E-state index in [0.717, 1.165) is 0 Å². The van der Waals surface area contributed by atoms with E-state index in [1.54, 1.807) is 18.2 Å². The van der Waals surface area contributed by atoms with Gasteiger partial charge in [0.15, 0.2) is 5.78 Å². The maximum Gasteiger partial charge on any atom is 0.323 e. The van der Waals surface area contributed by atoms with Crippen LogP contribution in [0.5, 0.6) is 0 Å². The normalized spacial score (nSPS) is 10.9. The van der Waals surface area contributed by atoms with E-state index in [9.17, 15) is 14.0 Å². The van der Waals surface area contributed by atoms with Crippen LogP contribution < -0.4 is 5.69 Å². The summed E-state index contributed by atoms with van der Waals surface area (Å²) in [6, 6.07) is 8.75. The summed E-state index contributed by atoms with van der Waals surface area (Å²) in [5.41, 5.74) is 1.64. The van der Waals surface area contributed by atoms with E-state index in [-0.39, 0.29) is 11.5 Å². The predicted octanol–water partition coefficient (Wildman–Crippen LogP) is 2.99. The first-order valence-electron chi connectivity index (χ1n) is 5.76. The maximum atomic E-state index is 13.0. The lowest BCUT2D eigenvalue weighted by molar-refractivity contribution is 0.103. The molecule has 2 aromatic carbocycles. The molecule has 0 spiro atoms. The molecule has 4 nitrogen and oxygen atoms in total. The molecule has 0 bridgehead atoms. The van der Waals surface area contributed by atoms with Crippen LogP contribution in [0.4, 0.5) is 4.39 Å². The molecule has 20 heavy (non-hydrogen) atoms. The third-order valence-corrected chi connectivity index (χ3v) is 3.61. The smallest absolute Gasteiger partial charge is 0.306 e. The number of nitrogens with one attached hydrogen (secondary N) is 2. The molecule has 3 aromatic rings. The second kappa shape index (κ2) is 4.72. The van der Waals surface area contributed by atoms with Crippen LogP contribution in [0.25, 0.3) is 11.0 Å². The topological polar surface area (TPSA) is 65.7 Å². The summed E-state index contributed by atoms with van der Waals surface area (Å²) in [5.74, 6) is -0.667.